The van der Waals surface area contributed by atoms with Gasteiger partial charge in [0.15, 0.2) is 8.32 Å². The van der Waals surface area contributed by atoms with Gasteiger partial charge in [0.1, 0.15) is 17.0 Å². The van der Waals surface area contributed by atoms with E-state index in [1.54, 1.807) is 22.8 Å². The number of aryl methyl sites for hydroxylation is 1. The molecule has 0 aliphatic rings. The summed E-state index contributed by atoms with van der Waals surface area (Å²) in [5.41, 5.74) is 0.411. The van der Waals surface area contributed by atoms with Crippen LogP contribution in [0.2, 0.25) is 23.2 Å². The molecule has 7 nitrogen and oxygen atoms in total. The molecule has 2 heterocycles. The summed E-state index contributed by atoms with van der Waals surface area (Å²) >= 11 is 6.02. The van der Waals surface area contributed by atoms with E-state index in [9.17, 15) is 24.2 Å². The summed E-state index contributed by atoms with van der Waals surface area (Å²) in [6, 6.07) is 5.99. The summed E-state index contributed by atoms with van der Waals surface area (Å²) in [6.45, 7) is 17.1. The molecule has 1 aromatic carbocycles. The molecule has 10 heteroatoms. The highest BCUT2D eigenvalue weighted by atomic mass is 35.5. The summed E-state index contributed by atoms with van der Waals surface area (Å²) < 4.78 is 23.2. The van der Waals surface area contributed by atoms with Crippen molar-refractivity contribution >= 4 is 36.9 Å². The van der Waals surface area contributed by atoms with Gasteiger partial charge in [-0.05, 0) is 59.6 Å². The van der Waals surface area contributed by atoms with Gasteiger partial charge in [-0.3, -0.25) is 4.79 Å². The van der Waals surface area contributed by atoms with E-state index in [0.29, 0.717) is 41.9 Å². The highest BCUT2D eigenvalue weighted by molar-refractivity contribution is 6.74. The molecule has 3 rings (SSSR count). The van der Waals surface area contributed by atoms with Crippen LogP contribution in [0.4, 0.5) is 4.39 Å². The van der Waals surface area contributed by atoms with Gasteiger partial charge >= 0.3 is 5.97 Å². The van der Waals surface area contributed by atoms with Crippen LogP contribution in [0.3, 0.4) is 0 Å². The van der Waals surface area contributed by atoms with Gasteiger partial charge in [0, 0.05) is 24.9 Å². The number of pyridine rings is 2. The minimum absolute atomic E-state index is 0.0153. The lowest BCUT2D eigenvalue weighted by Gasteiger charge is -2.40. The molecule has 2 N–H and O–H groups in total. The smallest absolute Gasteiger partial charge is 0.341 e. The molecular weight excluding hydrogens is 563 g/mol. The molecule has 0 amide bonds. The van der Waals surface area contributed by atoms with Crippen molar-refractivity contribution in [2.75, 3.05) is 13.2 Å². The summed E-state index contributed by atoms with van der Waals surface area (Å²) in [5, 5.41) is 19.6. The third-order valence-electron chi connectivity index (χ3n) is 8.13. The van der Waals surface area contributed by atoms with Crippen LogP contribution in [-0.2, 0) is 17.3 Å². The number of aliphatic hydroxyl groups is 1. The largest absolute Gasteiger partial charge is 0.477 e. The number of carboxylic acids is 1. The summed E-state index contributed by atoms with van der Waals surface area (Å²) in [6.07, 6.45) is 2.28. The average Bonchev–Trinajstić information content (AvgIpc) is 2.85. The molecule has 3 aromatic rings. The van der Waals surface area contributed by atoms with Crippen molar-refractivity contribution in [2.45, 2.75) is 85.0 Å². The fraction of sp³-hybridized carbons (Fsp3) is 0.516. The highest BCUT2D eigenvalue weighted by Crippen LogP contribution is 2.40. The number of aliphatic hydroxyl groups excluding tert-OH is 1. The van der Waals surface area contributed by atoms with E-state index in [2.05, 4.69) is 33.9 Å². The number of benzene rings is 1. The zero-order chi connectivity index (χ0) is 30.9. The normalized spacial score (nSPS) is 13.5. The Morgan fingerprint density at radius 1 is 1.17 bits per heavy atom. The number of aromatic nitrogens is 2. The fourth-order valence-corrected chi connectivity index (χ4v) is 5.70. The quantitative estimate of drug-likeness (QED) is 0.241. The number of carbonyl (C=O) groups is 1. The second-order valence-electron chi connectivity index (χ2n) is 13.2. The third-order valence-corrected chi connectivity index (χ3v) is 12.9. The van der Waals surface area contributed by atoms with E-state index in [1.165, 1.54) is 12.3 Å². The highest BCUT2D eigenvalue weighted by Gasteiger charge is 2.39. The lowest BCUT2D eigenvalue weighted by Crippen LogP contribution is -2.43. The second kappa shape index (κ2) is 12.3. The van der Waals surface area contributed by atoms with Crippen molar-refractivity contribution in [2.24, 2.45) is 5.41 Å². The fourth-order valence-electron chi connectivity index (χ4n) is 4.50. The minimum atomic E-state index is -2.17. The Balaban J connectivity index is 2.32. The van der Waals surface area contributed by atoms with Crippen LogP contribution in [0.1, 0.15) is 81.2 Å². The standard InChI is InChI=1S/C31H42ClFN2O5Si/c1-30(2,3)25(18-40-41(7,8)31(4,5)6)35-17-22(29(38)39)27(37)21-16-20(24(13-10-14-36)34-28(21)35)15-19-11-9-12-23(32)26(19)33/h9,11-12,16-17,25,36H,10,13-15,18H2,1-8H3,(H,38,39). The van der Waals surface area contributed by atoms with Gasteiger partial charge in [-0.2, -0.15) is 0 Å². The van der Waals surface area contributed by atoms with Crippen molar-refractivity contribution in [1.29, 1.82) is 0 Å². The maximum Gasteiger partial charge on any atom is 0.341 e. The Morgan fingerprint density at radius 2 is 1.83 bits per heavy atom. The van der Waals surface area contributed by atoms with Crippen LogP contribution >= 0.6 is 11.6 Å². The zero-order valence-corrected chi connectivity index (χ0v) is 27.0. The molecule has 0 fully saturated rings. The molecule has 0 bridgehead atoms. The van der Waals surface area contributed by atoms with Crippen LogP contribution in [0.15, 0.2) is 35.3 Å². The molecular formula is C31H42ClFN2O5Si. The van der Waals surface area contributed by atoms with Crippen molar-refractivity contribution < 1.29 is 23.8 Å². The first-order valence-electron chi connectivity index (χ1n) is 13.9. The predicted octanol–water partition coefficient (Wildman–Crippen LogP) is 7.01. The Kier molecular flexibility index (Phi) is 9.90. The number of hydrogen-bond donors (Lipinski definition) is 2. The summed E-state index contributed by atoms with van der Waals surface area (Å²) in [7, 11) is -2.17. The molecule has 41 heavy (non-hydrogen) atoms. The van der Waals surface area contributed by atoms with Gasteiger partial charge in [-0.1, -0.05) is 65.3 Å². The minimum Gasteiger partial charge on any atom is -0.477 e. The van der Waals surface area contributed by atoms with Crippen molar-refractivity contribution in [3.63, 3.8) is 0 Å². The Hall–Kier alpha value is -2.59. The van der Waals surface area contributed by atoms with Crippen LogP contribution in [-0.4, -0.2) is 47.3 Å². The molecule has 1 atom stereocenters. The number of aromatic carboxylic acids is 1. The molecule has 0 radical (unpaired) electrons. The molecule has 2 aromatic heterocycles. The van der Waals surface area contributed by atoms with Crippen molar-refractivity contribution in [3.8, 4) is 0 Å². The van der Waals surface area contributed by atoms with E-state index in [-0.39, 0.29) is 40.1 Å². The van der Waals surface area contributed by atoms with E-state index >= 15 is 0 Å². The van der Waals surface area contributed by atoms with Crippen LogP contribution in [0.5, 0.6) is 0 Å². The SMILES string of the molecule is CC(C)(C)C(CO[Si](C)(C)C(C)(C)C)n1cc(C(=O)O)c(=O)c2cc(Cc3cccc(Cl)c3F)c(CCCO)nc21. The predicted molar refractivity (Wildman–Crippen MR) is 164 cm³/mol. The Bertz CT molecular complexity index is 1490. The van der Waals surface area contributed by atoms with E-state index in [4.69, 9.17) is 21.0 Å². The van der Waals surface area contributed by atoms with Crippen molar-refractivity contribution in [3.05, 3.63) is 73.9 Å². The number of nitrogens with zero attached hydrogens (tertiary/aromatic N) is 2. The maximum absolute atomic E-state index is 14.9. The average molecular weight is 605 g/mol. The van der Waals surface area contributed by atoms with Gasteiger partial charge in [0.2, 0.25) is 5.43 Å². The van der Waals surface area contributed by atoms with E-state index < -0.39 is 30.9 Å². The monoisotopic (exact) mass is 604 g/mol. The van der Waals surface area contributed by atoms with Crippen LogP contribution in [0.25, 0.3) is 11.0 Å². The van der Waals surface area contributed by atoms with E-state index in [1.807, 2.05) is 20.8 Å². The lowest BCUT2D eigenvalue weighted by atomic mass is 9.86. The maximum atomic E-state index is 14.9. The molecule has 0 saturated carbocycles. The van der Waals surface area contributed by atoms with E-state index in [0.717, 1.165) is 0 Å². The molecule has 0 aliphatic heterocycles. The summed E-state index contributed by atoms with van der Waals surface area (Å²) in [4.78, 5) is 30.7. The molecule has 0 saturated heterocycles. The topological polar surface area (TPSA) is 102 Å². The molecule has 1 unspecified atom stereocenters. The number of hydrogen-bond acceptors (Lipinski definition) is 5. The number of halogens is 2. The molecule has 0 spiro atoms. The number of rotatable bonds is 10. The summed E-state index contributed by atoms with van der Waals surface area (Å²) in [5.74, 6) is -1.90. The van der Waals surface area contributed by atoms with Crippen LogP contribution < -0.4 is 5.43 Å². The number of fused-ring (bicyclic) bond motifs is 1. The van der Waals surface area contributed by atoms with Gasteiger partial charge < -0.3 is 19.2 Å². The first-order valence-corrected chi connectivity index (χ1v) is 17.2. The zero-order valence-electron chi connectivity index (χ0n) is 25.3. The molecule has 0 aliphatic carbocycles. The number of carboxylic acid groups (broad SMARTS) is 1. The first-order chi connectivity index (χ1) is 18.9. The van der Waals surface area contributed by atoms with Gasteiger partial charge in [-0.15, -0.1) is 0 Å². The Labute approximate surface area is 247 Å². The first kappa shape index (κ1) is 32.9. The Morgan fingerprint density at radius 3 is 2.39 bits per heavy atom. The van der Waals surface area contributed by atoms with Crippen LogP contribution in [0, 0.1) is 11.2 Å². The van der Waals surface area contributed by atoms with Crippen molar-refractivity contribution in [1.82, 2.24) is 9.55 Å². The van der Waals surface area contributed by atoms with Gasteiger partial charge in [0.25, 0.3) is 0 Å². The second-order valence-corrected chi connectivity index (χ2v) is 18.4. The lowest BCUT2D eigenvalue weighted by molar-refractivity contribution is 0.0692. The van der Waals surface area contributed by atoms with Gasteiger partial charge in [0.05, 0.1) is 23.1 Å². The molecule has 224 valence electrons. The van der Waals surface area contributed by atoms with Gasteiger partial charge in [-0.25, -0.2) is 14.2 Å². The third kappa shape index (κ3) is 7.25.